The fourth-order valence-corrected chi connectivity index (χ4v) is 3.61. The summed E-state index contributed by atoms with van der Waals surface area (Å²) in [4.78, 5) is 22.4. The number of para-hydroxylation sites is 1. The standard InChI is InChI=1S/C21H19FN8/c1-12(26-19-17-18(25-11-24-17)28-21(23)29-19)20-27-16-9-5-8-15(22)14(16)10-30(20)13-6-3-2-4-7-13/h2-12,20H,1H3,(H4,23,24,25,26,28,29). The van der Waals surface area contributed by atoms with Crippen molar-refractivity contribution in [1.29, 1.82) is 0 Å². The number of halogens is 1. The zero-order valence-corrected chi connectivity index (χ0v) is 16.1. The van der Waals surface area contributed by atoms with Crippen molar-refractivity contribution in [1.82, 2.24) is 19.9 Å². The van der Waals surface area contributed by atoms with Crippen LogP contribution < -0.4 is 26.5 Å². The molecule has 30 heavy (non-hydrogen) atoms. The third kappa shape index (κ3) is 3.10. The molecule has 0 amide bonds. The van der Waals surface area contributed by atoms with E-state index in [-0.39, 0.29) is 24.0 Å². The first-order valence-corrected chi connectivity index (χ1v) is 9.51. The fourth-order valence-electron chi connectivity index (χ4n) is 3.61. The zero-order valence-electron chi connectivity index (χ0n) is 16.1. The lowest BCUT2D eigenvalue weighted by molar-refractivity contribution is 0.570. The Kier molecular flexibility index (Phi) is 4.27. The molecule has 0 saturated heterocycles. The number of aromatic amines is 1. The Hall–Kier alpha value is -4.01. The first-order chi connectivity index (χ1) is 14.6. The predicted molar refractivity (Wildman–Crippen MR) is 114 cm³/mol. The number of hydrogen-bond donors (Lipinski definition) is 3. The molecular formula is C21H19FN8. The third-order valence-electron chi connectivity index (χ3n) is 5.02. The molecular weight excluding hydrogens is 383 g/mol. The summed E-state index contributed by atoms with van der Waals surface area (Å²) in [5, 5.41) is 4.45. The lowest BCUT2D eigenvalue weighted by atomic mass is 10.1. The van der Waals surface area contributed by atoms with E-state index in [0.29, 0.717) is 27.6 Å². The SMILES string of the molecule is CC(Nc1nc(N)nc2nc[nH]c12)C1N=c2cccc(F)c2=CN1c1ccccc1. The number of nitrogens with two attached hydrogens (primary N) is 1. The molecule has 0 bridgehead atoms. The molecule has 5 rings (SSSR count). The maximum Gasteiger partial charge on any atom is 0.224 e. The number of aromatic nitrogens is 4. The quantitative estimate of drug-likeness (QED) is 0.480. The van der Waals surface area contributed by atoms with Gasteiger partial charge in [0.25, 0.3) is 0 Å². The highest BCUT2D eigenvalue weighted by molar-refractivity contribution is 5.83. The number of fused-ring (bicyclic) bond motifs is 2. The molecule has 3 heterocycles. The van der Waals surface area contributed by atoms with Crippen LogP contribution in [0.15, 0.2) is 59.9 Å². The molecule has 1 aliphatic heterocycles. The normalized spacial score (nSPS) is 16.5. The van der Waals surface area contributed by atoms with Gasteiger partial charge < -0.3 is 20.9 Å². The van der Waals surface area contributed by atoms with E-state index in [0.717, 1.165) is 5.69 Å². The Morgan fingerprint density at radius 2 is 1.97 bits per heavy atom. The van der Waals surface area contributed by atoms with Crippen molar-refractivity contribution in [2.75, 3.05) is 16.0 Å². The smallest absolute Gasteiger partial charge is 0.224 e. The summed E-state index contributed by atoms with van der Waals surface area (Å²) in [5.41, 5.74) is 7.89. The predicted octanol–water partition coefficient (Wildman–Crippen LogP) is 1.78. The van der Waals surface area contributed by atoms with Gasteiger partial charge in [-0.15, -0.1) is 0 Å². The van der Waals surface area contributed by atoms with Crippen LogP contribution in [0.5, 0.6) is 0 Å². The largest absolute Gasteiger partial charge is 0.368 e. The number of imidazole rings is 1. The van der Waals surface area contributed by atoms with E-state index in [1.807, 2.05) is 48.2 Å². The van der Waals surface area contributed by atoms with Crippen molar-refractivity contribution in [3.05, 3.63) is 71.3 Å². The van der Waals surface area contributed by atoms with Gasteiger partial charge in [0.1, 0.15) is 17.5 Å². The number of nitrogen functional groups attached to an aromatic ring is 1. The summed E-state index contributed by atoms with van der Waals surface area (Å²) in [5.74, 6) is 0.360. The van der Waals surface area contributed by atoms with Crippen LogP contribution in [-0.4, -0.2) is 32.1 Å². The van der Waals surface area contributed by atoms with E-state index in [4.69, 9.17) is 10.7 Å². The fraction of sp³-hybridized carbons (Fsp3) is 0.143. The van der Waals surface area contributed by atoms with Crippen molar-refractivity contribution in [2.24, 2.45) is 4.99 Å². The summed E-state index contributed by atoms with van der Waals surface area (Å²) in [6.07, 6.45) is 2.99. The highest BCUT2D eigenvalue weighted by Crippen LogP contribution is 2.24. The minimum Gasteiger partial charge on any atom is -0.368 e. The second-order valence-corrected chi connectivity index (χ2v) is 7.05. The van der Waals surface area contributed by atoms with E-state index >= 15 is 0 Å². The number of nitrogens with one attached hydrogen (secondary N) is 2. The first kappa shape index (κ1) is 18.0. The molecule has 2 atom stereocenters. The Morgan fingerprint density at radius 3 is 2.80 bits per heavy atom. The van der Waals surface area contributed by atoms with Crippen LogP contribution in [0.3, 0.4) is 0 Å². The monoisotopic (exact) mass is 402 g/mol. The van der Waals surface area contributed by atoms with E-state index < -0.39 is 0 Å². The van der Waals surface area contributed by atoms with Crippen molar-refractivity contribution in [2.45, 2.75) is 19.1 Å². The summed E-state index contributed by atoms with van der Waals surface area (Å²) in [6, 6.07) is 14.5. The molecule has 0 saturated carbocycles. The average Bonchev–Trinajstić information content (AvgIpc) is 3.22. The molecule has 4 aromatic rings. The number of benzene rings is 2. The van der Waals surface area contributed by atoms with Gasteiger partial charge in [-0.2, -0.15) is 9.97 Å². The van der Waals surface area contributed by atoms with Crippen LogP contribution in [0.2, 0.25) is 0 Å². The molecule has 0 spiro atoms. The molecule has 2 aromatic carbocycles. The highest BCUT2D eigenvalue weighted by atomic mass is 19.1. The average molecular weight is 402 g/mol. The molecule has 2 aromatic heterocycles. The number of H-pyrrole nitrogens is 1. The van der Waals surface area contributed by atoms with Gasteiger partial charge in [-0.05, 0) is 31.2 Å². The molecule has 9 heteroatoms. The van der Waals surface area contributed by atoms with Crippen LogP contribution in [0.1, 0.15) is 6.92 Å². The maximum absolute atomic E-state index is 14.4. The van der Waals surface area contributed by atoms with Crippen molar-refractivity contribution < 1.29 is 4.39 Å². The second kappa shape index (κ2) is 7.11. The molecule has 150 valence electrons. The second-order valence-electron chi connectivity index (χ2n) is 7.05. The maximum atomic E-state index is 14.4. The molecule has 8 nitrogen and oxygen atoms in total. The van der Waals surface area contributed by atoms with Gasteiger partial charge in [-0.3, -0.25) is 4.99 Å². The van der Waals surface area contributed by atoms with Gasteiger partial charge in [-0.25, -0.2) is 9.37 Å². The van der Waals surface area contributed by atoms with Crippen molar-refractivity contribution >= 4 is 34.8 Å². The van der Waals surface area contributed by atoms with Crippen LogP contribution in [-0.2, 0) is 0 Å². The van der Waals surface area contributed by atoms with Crippen LogP contribution in [0.25, 0.3) is 17.4 Å². The van der Waals surface area contributed by atoms with Crippen LogP contribution in [0, 0.1) is 5.82 Å². The number of nitrogens with zero attached hydrogens (tertiary/aromatic N) is 5. The molecule has 0 aliphatic carbocycles. The minimum absolute atomic E-state index is 0.128. The summed E-state index contributed by atoms with van der Waals surface area (Å²) in [6.45, 7) is 1.99. The zero-order chi connectivity index (χ0) is 20.7. The summed E-state index contributed by atoms with van der Waals surface area (Å²) >= 11 is 0. The van der Waals surface area contributed by atoms with E-state index in [2.05, 4.69) is 25.3 Å². The van der Waals surface area contributed by atoms with E-state index in [9.17, 15) is 4.39 Å². The van der Waals surface area contributed by atoms with Crippen molar-refractivity contribution in [3.8, 4) is 0 Å². The van der Waals surface area contributed by atoms with Gasteiger partial charge in [0.05, 0.1) is 22.9 Å². The summed E-state index contributed by atoms with van der Waals surface area (Å²) < 4.78 is 14.4. The molecule has 0 radical (unpaired) electrons. The van der Waals surface area contributed by atoms with E-state index in [1.165, 1.54) is 6.07 Å². The Morgan fingerprint density at radius 1 is 1.13 bits per heavy atom. The van der Waals surface area contributed by atoms with Gasteiger partial charge in [0, 0.05) is 11.9 Å². The topological polar surface area (TPSA) is 108 Å². The molecule has 1 aliphatic rings. The van der Waals surface area contributed by atoms with Gasteiger partial charge in [0.2, 0.25) is 5.95 Å². The minimum atomic E-state index is -0.351. The van der Waals surface area contributed by atoms with Gasteiger partial charge in [0.15, 0.2) is 11.5 Å². The number of rotatable bonds is 4. The van der Waals surface area contributed by atoms with E-state index in [1.54, 1.807) is 18.6 Å². The molecule has 2 unspecified atom stereocenters. The Balaban J connectivity index is 1.59. The molecule has 4 N–H and O–H groups in total. The molecule has 0 fully saturated rings. The Labute approximate surface area is 171 Å². The number of anilines is 3. The first-order valence-electron chi connectivity index (χ1n) is 9.51. The van der Waals surface area contributed by atoms with Gasteiger partial charge >= 0.3 is 0 Å². The lowest BCUT2D eigenvalue weighted by Gasteiger charge is -2.34. The summed E-state index contributed by atoms with van der Waals surface area (Å²) in [7, 11) is 0. The van der Waals surface area contributed by atoms with Gasteiger partial charge in [-0.1, -0.05) is 24.3 Å². The highest BCUT2D eigenvalue weighted by Gasteiger charge is 2.27. The number of hydrogen-bond acceptors (Lipinski definition) is 7. The lowest BCUT2D eigenvalue weighted by Crippen LogP contribution is -2.50. The Bertz CT molecular complexity index is 1330. The third-order valence-corrected chi connectivity index (χ3v) is 5.02. The van der Waals surface area contributed by atoms with Crippen LogP contribution >= 0.6 is 0 Å². The van der Waals surface area contributed by atoms with Crippen LogP contribution in [0.4, 0.5) is 21.8 Å². The van der Waals surface area contributed by atoms with Crippen molar-refractivity contribution in [3.63, 3.8) is 0 Å².